The van der Waals surface area contributed by atoms with E-state index < -0.39 is 14.1 Å². The number of aliphatic hydroxyl groups is 1. The van der Waals surface area contributed by atoms with Gasteiger partial charge in [-0.2, -0.15) is 4.89 Å². The van der Waals surface area contributed by atoms with E-state index in [9.17, 15) is 4.57 Å². The molecule has 4 N–H and O–H groups in total. The highest BCUT2D eigenvalue weighted by molar-refractivity contribution is 7.38. The van der Waals surface area contributed by atoms with Crippen molar-refractivity contribution < 1.29 is 14.6 Å². The summed E-state index contributed by atoms with van der Waals surface area (Å²) < 4.78 is 9.90. The van der Waals surface area contributed by atoms with E-state index in [-0.39, 0.29) is 12.7 Å². The smallest absolute Gasteiger partial charge is 0.387 e. The second kappa shape index (κ2) is 3.92. The minimum Gasteiger partial charge on any atom is -0.387 e. The maximum absolute atomic E-state index is 9.90. The molecule has 0 aromatic rings. The van der Waals surface area contributed by atoms with E-state index in [1.54, 1.807) is 0 Å². The Balaban J connectivity index is 3.24. The minimum absolute atomic E-state index is 0.0433. The molecule has 0 aliphatic heterocycles. The Morgan fingerprint density at radius 3 is 2.38 bits per heavy atom. The molecule has 48 valence electrons. The van der Waals surface area contributed by atoms with Crippen LogP contribution >= 0.6 is 8.03 Å². The number of nitrogens with two attached hydrogens (primary N) is 1. The third-order valence-electron chi connectivity index (χ3n) is 0.639. The van der Waals surface area contributed by atoms with Crippen molar-refractivity contribution in [2.75, 3.05) is 12.7 Å². The predicted octanol–water partition coefficient (Wildman–Crippen LogP) is -0.959. The summed E-state index contributed by atoms with van der Waals surface area (Å²) in [7, 11) is -2.23. The standard InChI is InChI=1S/C3H8NO3P/c4-1-3(5)2-8(6)7/h3,5H,1-2,4H2/p+1/t3-/m0/s1. The number of rotatable bonds is 3. The van der Waals surface area contributed by atoms with Gasteiger partial charge in [0.05, 0.1) is 0 Å². The molecule has 4 nitrogen and oxygen atoms in total. The Labute approximate surface area is 48.2 Å². The predicted molar refractivity (Wildman–Crippen MR) is 29.8 cm³/mol. The Kier molecular flexibility index (Phi) is 3.91. The fourth-order valence-corrected chi connectivity index (χ4v) is 0.764. The second-order valence-electron chi connectivity index (χ2n) is 1.42. The first kappa shape index (κ1) is 7.98. The molecular formula is C3H9NO3P+. The lowest BCUT2D eigenvalue weighted by molar-refractivity contribution is 0.204. The molecule has 0 aliphatic carbocycles. The molecule has 0 aromatic heterocycles. The highest BCUT2D eigenvalue weighted by Crippen LogP contribution is 2.12. The van der Waals surface area contributed by atoms with Crippen molar-refractivity contribution in [1.82, 2.24) is 0 Å². The van der Waals surface area contributed by atoms with Gasteiger partial charge in [0.25, 0.3) is 0 Å². The van der Waals surface area contributed by atoms with Gasteiger partial charge in [0.15, 0.2) is 0 Å². The van der Waals surface area contributed by atoms with Crippen LogP contribution in [-0.4, -0.2) is 28.8 Å². The first-order valence-corrected chi connectivity index (χ1v) is 3.58. The second-order valence-corrected chi connectivity index (χ2v) is 2.49. The normalized spacial score (nSPS) is 15.6. The van der Waals surface area contributed by atoms with Crippen molar-refractivity contribution >= 4 is 8.03 Å². The van der Waals surface area contributed by atoms with Crippen molar-refractivity contribution in [2.24, 2.45) is 5.73 Å². The van der Waals surface area contributed by atoms with E-state index in [1.165, 1.54) is 0 Å². The molecule has 0 fully saturated rings. The number of aliphatic hydroxyl groups excluding tert-OH is 1. The van der Waals surface area contributed by atoms with E-state index in [1.807, 2.05) is 0 Å². The van der Waals surface area contributed by atoms with E-state index in [0.29, 0.717) is 0 Å². The zero-order valence-electron chi connectivity index (χ0n) is 4.32. The first-order chi connectivity index (χ1) is 3.66. The molecule has 0 saturated heterocycles. The quantitative estimate of drug-likeness (QED) is 0.438. The molecule has 0 bridgehead atoms. The van der Waals surface area contributed by atoms with E-state index in [4.69, 9.17) is 15.7 Å². The average molecular weight is 138 g/mol. The van der Waals surface area contributed by atoms with Gasteiger partial charge in [0.1, 0.15) is 6.10 Å². The van der Waals surface area contributed by atoms with Gasteiger partial charge in [-0.3, -0.25) is 0 Å². The lowest BCUT2D eigenvalue weighted by Gasteiger charge is -1.94. The SMILES string of the molecule is NC[C@H](O)C[P+](=O)O. The molecule has 5 heteroatoms. The van der Waals surface area contributed by atoms with Gasteiger partial charge in [0.2, 0.25) is 6.16 Å². The third kappa shape index (κ3) is 4.15. The Morgan fingerprint density at radius 2 is 2.25 bits per heavy atom. The molecule has 0 aromatic carbocycles. The molecule has 0 radical (unpaired) electrons. The molecular weight excluding hydrogens is 129 g/mol. The highest BCUT2D eigenvalue weighted by atomic mass is 31.1. The largest absolute Gasteiger partial charge is 0.508 e. The van der Waals surface area contributed by atoms with Crippen LogP contribution in [0.5, 0.6) is 0 Å². The highest BCUT2D eigenvalue weighted by Gasteiger charge is 2.16. The van der Waals surface area contributed by atoms with Gasteiger partial charge in [-0.15, -0.1) is 0 Å². The maximum atomic E-state index is 9.90. The lowest BCUT2D eigenvalue weighted by atomic mass is 10.4. The number of hydrogen-bond donors (Lipinski definition) is 3. The van der Waals surface area contributed by atoms with Crippen LogP contribution in [0, 0.1) is 0 Å². The van der Waals surface area contributed by atoms with Gasteiger partial charge >= 0.3 is 8.03 Å². The Hall–Kier alpha value is -0.0200. The summed E-state index contributed by atoms with van der Waals surface area (Å²) in [6, 6.07) is 0. The summed E-state index contributed by atoms with van der Waals surface area (Å²) in [5, 5.41) is 8.56. The van der Waals surface area contributed by atoms with Crippen molar-refractivity contribution in [1.29, 1.82) is 0 Å². The van der Waals surface area contributed by atoms with Crippen molar-refractivity contribution in [3.05, 3.63) is 0 Å². The van der Waals surface area contributed by atoms with Crippen molar-refractivity contribution in [3.63, 3.8) is 0 Å². The van der Waals surface area contributed by atoms with E-state index >= 15 is 0 Å². The van der Waals surface area contributed by atoms with Crippen LogP contribution in [0.3, 0.4) is 0 Å². The summed E-state index contributed by atoms with van der Waals surface area (Å²) in [4.78, 5) is 8.15. The van der Waals surface area contributed by atoms with E-state index in [0.717, 1.165) is 0 Å². The fourth-order valence-electron chi connectivity index (χ4n) is 0.255. The average Bonchev–Trinajstić information content (AvgIpc) is 1.65. The van der Waals surface area contributed by atoms with Crippen LogP contribution < -0.4 is 5.73 Å². The fraction of sp³-hybridized carbons (Fsp3) is 1.00. The molecule has 2 atom stereocenters. The van der Waals surface area contributed by atoms with Crippen LogP contribution in [0.15, 0.2) is 0 Å². The topological polar surface area (TPSA) is 83.5 Å². The summed E-state index contributed by atoms with van der Waals surface area (Å²) in [6.07, 6.45) is -0.949. The van der Waals surface area contributed by atoms with Crippen LogP contribution in [-0.2, 0) is 4.57 Å². The van der Waals surface area contributed by atoms with Gasteiger partial charge in [-0.1, -0.05) is 0 Å². The zero-order valence-corrected chi connectivity index (χ0v) is 5.21. The number of hydrogen-bond acceptors (Lipinski definition) is 3. The summed E-state index contributed by atoms with van der Waals surface area (Å²) in [6.45, 7) is 0.0433. The maximum Gasteiger partial charge on any atom is 0.508 e. The molecule has 1 unspecified atom stereocenters. The Bertz CT molecular complexity index is 86.6. The summed E-state index contributed by atoms with van der Waals surface area (Å²) in [5.41, 5.74) is 4.93. The third-order valence-corrected chi connectivity index (χ3v) is 1.37. The monoisotopic (exact) mass is 138 g/mol. The zero-order chi connectivity index (χ0) is 6.57. The molecule has 0 heterocycles. The lowest BCUT2D eigenvalue weighted by Crippen LogP contribution is -2.21. The molecule has 0 aliphatic rings. The molecule has 0 rings (SSSR count). The molecule has 0 amide bonds. The molecule has 0 saturated carbocycles. The van der Waals surface area contributed by atoms with Crippen LogP contribution in [0.4, 0.5) is 0 Å². The van der Waals surface area contributed by atoms with E-state index in [2.05, 4.69) is 0 Å². The first-order valence-electron chi connectivity index (χ1n) is 2.18. The minimum atomic E-state index is -2.23. The van der Waals surface area contributed by atoms with Crippen molar-refractivity contribution in [3.8, 4) is 0 Å². The van der Waals surface area contributed by atoms with Gasteiger partial charge in [-0.25, -0.2) is 0 Å². The van der Waals surface area contributed by atoms with Crippen molar-refractivity contribution in [2.45, 2.75) is 6.10 Å². The molecule has 8 heavy (non-hydrogen) atoms. The summed E-state index contributed by atoms with van der Waals surface area (Å²) in [5.74, 6) is 0. The van der Waals surface area contributed by atoms with Gasteiger partial charge in [-0.05, 0) is 4.57 Å². The molecule has 0 spiro atoms. The summed E-state index contributed by atoms with van der Waals surface area (Å²) >= 11 is 0. The Morgan fingerprint density at radius 1 is 1.75 bits per heavy atom. The van der Waals surface area contributed by atoms with Crippen LogP contribution in [0.2, 0.25) is 0 Å². The van der Waals surface area contributed by atoms with Gasteiger partial charge < -0.3 is 10.8 Å². The van der Waals surface area contributed by atoms with Gasteiger partial charge in [0, 0.05) is 6.54 Å². The van der Waals surface area contributed by atoms with Crippen LogP contribution in [0.25, 0.3) is 0 Å². The van der Waals surface area contributed by atoms with Crippen LogP contribution in [0.1, 0.15) is 0 Å².